The fourth-order valence-corrected chi connectivity index (χ4v) is 4.56. The van der Waals surface area contributed by atoms with Crippen LogP contribution in [0.4, 0.5) is 11.4 Å². The van der Waals surface area contributed by atoms with E-state index in [-0.39, 0.29) is 5.91 Å². The van der Waals surface area contributed by atoms with Crippen LogP contribution in [0.1, 0.15) is 12.5 Å². The normalized spacial score (nSPS) is 13.9. The van der Waals surface area contributed by atoms with E-state index in [9.17, 15) is 4.79 Å². The van der Waals surface area contributed by atoms with Gasteiger partial charge in [0.25, 0.3) is 0 Å². The quantitative estimate of drug-likeness (QED) is 0.554. The number of methoxy groups -OCH3 is 1. The van der Waals surface area contributed by atoms with Crippen molar-refractivity contribution in [2.75, 3.05) is 49.4 Å². The minimum absolute atomic E-state index is 0.0376. The van der Waals surface area contributed by atoms with Crippen LogP contribution in [0.3, 0.4) is 0 Å². The number of para-hydroxylation sites is 2. The minimum Gasteiger partial charge on any atom is -0.497 e. The van der Waals surface area contributed by atoms with E-state index in [4.69, 9.17) is 14.5 Å². The first kappa shape index (κ1) is 21.5. The molecule has 0 aliphatic carbocycles. The molecule has 0 radical (unpaired) electrons. The molecule has 3 aromatic rings. The molecule has 1 amide bonds. The maximum atomic E-state index is 12.7. The van der Waals surface area contributed by atoms with E-state index in [1.165, 1.54) is 11.8 Å². The number of aryl methyl sites for hydroxylation is 1. The molecule has 1 saturated heterocycles. The Morgan fingerprint density at radius 3 is 2.77 bits per heavy atom. The lowest BCUT2D eigenvalue weighted by atomic mass is 10.1. The monoisotopic (exact) mass is 437 g/mol. The Labute approximate surface area is 186 Å². The summed E-state index contributed by atoms with van der Waals surface area (Å²) in [5.74, 6) is 1.08. The summed E-state index contributed by atoms with van der Waals surface area (Å²) in [5.41, 5.74) is 3.91. The van der Waals surface area contributed by atoms with Crippen molar-refractivity contribution in [1.82, 2.24) is 4.98 Å². The van der Waals surface area contributed by atoms with Crippen LogP contribution in [0, 0.1) is 0 Å². The molecule has 1 N–H and O–H groups in total. The van der Waals surface area contributed by atoms with Gasteiger partial charge in [-0.25, -0.2) is 4.98 Å². The van der Waals surface area contributed by atoms with Gasteiger partial charge in [0, 0.05) is 18.5 Å². The number of nitrogens with one attached hydrogen (secondary N) is 1. The number of amides is 1. The van der Waals surface area contributed by atoms with Crippen molar-refractivity contribution in [2.24, 2.45) is 0 Å². The molecule has 0 saturated carbocycles. The minimum atomic E-state index is -0.0376. The van der Waals surface area contributed by atoms with Gasteiger partial charge in [-0.3, -0.25) is 4.79 Å². The van der Waals surface area contributed by atoms with Crippen LogP contribution in [-0.4, -0.2) is 50.1 Å². The number of hydrogen-bond acceptors (Lipinski definition) is 6. The molecule has 2 heterocycles. The van der Waals surface area contributed by atoms with E-state index in [2.05, 4.69) is 23.2 Å². The van der Waals surface area contributed by atoms with Crippen molar-refractivity contribution in [2.45, 2.75) is 18.4 Å². The van der Waals surface area contributed by atoms with Gasteiger partial charge in [-0.15, -0.1) is 0 Å². The second kappa shape index (κ2) is 10.0. The van der Waals surface area contributed by atoms with Gasteiger partial charge >= 0.3 is 0 Å². The number of morpholine rings is 1. The van der Waals surface area contributed by atoms with E-state index in [1.54, 1.807) is 7.11 Å². The highest BCUT2D eigenvalue weighted by Crippen LogP contribution is 2.29. The van der Waals surface area contributed by atoms with E-state index >= 15 is 0 Å². The van der Waals surface area contributed by atoms with Crippen molar-refractivity contribution < 1.29 is 14.3 Å². The Balaban J connectivity index is 1.46. The maximum Gasteiger partial charge on any atom is 0.234 e. The summed E-state index contributed by atoms with van der Waals surface area (Å²) in [6, 6.07) is 15.9. The van der Waals surface area contributed by atoms with Gasteiger partial charge in [-0.05, 0) is 48.4 Å². The molecule has 0 unspecified atom stereocenters. The second-order valence-corrected chi connectivity index (χ2v) is 8.28. The summed E-state index contributed by atoms with van der Waals surface area (Å²) >= 11 is 1.48. The highest BCUT2D eigenvalue weighted by Gasteiger charge is 2.16. The molecule has 0 spiro atoms. The molecule has 0 atom stereocenters. The first-order valence-corrected chi connectivity index (χ1v) is 11.5. The number of aromatic nitrogens is 1. The van der Waals surface area contributed by atoms with Gasteiger partial charge in [0.05, 0.1) is 43.0 Å². The number of pyridine rings is 1. The van der Waals surface area contributed by atoms with Crippen molar-refractivity contribution in [3.05, 3.63) is 54.1 Å². The molecule has 4 rings (SSSR count). The van der Waals surface area contributed by atoms with Crippen LogP contribution in [0.2, 0.25) is 0 Å². The van der Waals surface area contributed by atoms with Crippen LogP contribution >= 0.6 is 11.8 Å². The van der Waals surface area contributed by atoms with Gasteiger partial charge in [-0.1, -0.05) is 30.8 Å². The molecule has 2 aromatic carbocycles. The number of fused-ring (bicyclic) bond motifs is 1. The number of rotatable bonds is 7. The zero-order valence-electron chi connectivity index (χ0n) is 17.9. The van der Waals surface area contributed by atoms with Gasteiger partial charge in [-0.2, -0.15) is 0 Å². The van der Waals surface area contributed by atoms with E-state index in [1.807, 2.05) is 42.5 Å². The van der Waals surface area contributed by atoms with Gasteiger partial charge in [0.15, 0.2) is 0 Å². The number of carbonyl (C=O) groups is 1. The number of carbonyl (C=O) groups excluding carboxylic acids is 1. The molecule has 1 fully saturated rings. The number of ether oxygens (including phenoxy) is 2. The Bertz CT molecular complexity index is 1070. The molecule has 1 aromatic heterocycles. The number of thioether (sulfide) groups is 1. The number of anilines is 2. The molecule has 31 heavy (non-hydrogen) atoms. The number of hydrogen-bond donors (Lipinski definition) is 1. The summed E-state index contributed by atoms with van der Waals surface area (Å²) in [5, 5.41) is 5.03. The molecule has 1 aliphatic heterocycles. The summed E-state index contributed by atoms with van der Waals surface area (Å²) in [7, 11) is 1.66. The predicted molar refractivity (Wildman–Crippen MR) is 127 cm³/mol. The third-order valence-electron chi connectivity index (χ3n) is 5.31. The smallest absolute Gasteiger partial charge is 0.234 e. The van der Waals surface area contributed by atoms with Crippen LogP contribution in [0.15, 0.2) is 53.6 Å². The van der Waals surface area contributed by atoms with Crippen molar-refractivity contribution in [3.8, 4) is 5.75 Å². The molecule has 162 valence electrons. The maximum absolute atomic E-state index is 12.7. The summed E-state index contributed by atoms with van der Waals surface area (Å²) < 4.78 is 10.8. The number of benzene rings is 2. The fraction of sp³-hybridized carbons (Fsp3) is 0.333. The molecule has 0 bridgehead atoms. The third-order valence-corrected chi connectivity index (χ3v) is 6.35. The zero-order valence-corrected chi connectivity index (χ0v) is 18.7. The topological polar surface area (TPSA) is 63.7 Å². The van der Waals surface area contributed by atoms with Crippen LogP contribution < -0.4 is 15.0 Å². The fourth-order valence-electron chi connectivity index (χ4n) is 3.67. The van der Waals surface area contributed by atoms with Gasteiger partial charge in [0.2, 0.25) is 5.91 Å². The largest absolute Gasteiger partial charge is 0.497 e. The summed E-state index contributed by atoms with van der Waals surface area (Å²) in [6.07, 6.45) is 0.851. The highest BCUT2D eigenvalue weighted by atomic mass is 32.2. The number of nitrogens with zero attached hydrogens (tertiary/aromatic N) is 2. The Morgan fingerprint density at radius 1 is 1.19 bits per heavy atom. The van der Waals surface area contributed by atoms with Crippen LogP contribution in [0.5, 0.6) is 5.75 Å². The molecular weight excluding hydrogens is 410 g/mol. The van der Waals surface area contributed by atoms with E-state index in [0.29, 0.717) is 19.0 Å². The first-order valence-electron chi connectivity index (χ1n) is 10.5. The van der Waals surface area contributed by atoms with Crippen molar-refractivity contribution >= 4 is 39.9 Å². The first-order chi connectivity index (χ1) is 15.2. The summed E-state index contributed by atoms with van der Waals surface area (Å²) in [4.78, 5) is 19.8. The average Bonchev–Trinajstić information content (AvgIpc) is 2.82. The highest BCUT2D eigenvalue weighted by molar-refractivity contribution is 8.00. The van der Waals surface area contributed by atoms with Gasteiger partial charge < -0.3 is 19.7 Å². The predicted octanol–water partition coefficient (Wildman–Crippen LogP) is 4.37. The van der Waals surface area contributed by atoms with Crippen LogP contribution in [0.25, 0.3) is 10.9 Å². The second-order valence-electron chi connectivity index (χ2n) is 7.32. The Hall–Kier alpha value is -2.77. The Kier molecular flexibility index (Phi) is 6.94. The average molecular weight is 438 g/mol. The van der Waals surface area contributed by atoms with Gasteiger partial charge in [0.1, 0.15) is 10.8 Å². The lowest BCUT2D eigenvalue weighted by Crippen LogP contribution is -2.36. The van der Waals surface area contributed by atoms with Crippen molar-refractivity contribution in [3.63, 3.8) is 0 Å². The Morgan fingerprint density at radius 2 is 2.00 bits per heavy atom. The zero-order chi connectivity index (χ0) is 21.6. The molecule has 7 heteroatoms. The lowest BCUT2D eigenvalue weighted by Gasteiger charge is -2.30. The SMILES string of the molecule is CCc1cc2cc(OC)ccc2nc1SCC(=O)Nc1ccccc1N1CCOCC1. The van der Waals surface area contributed by atoms with E-state index < -0.39 is 0 Å². The molecular formula is C24H27N3O3S. The third kappa shape index (κ3) is 5.11. The lowest BCUT2D eigenvalue weighted by molar-refractivity contribution is -0.113. The van der Waals surface area contributed by atoms with E-state index in [0.717, 1.165) is 58.1 Å². The van der Waals surface area contributed by atoms with Crippen molar-refractivity contribution in [1.29, 1.82) is 0 Å². The molecule has 6 nitrogen and oxygen atoms in total. The molecule has 1 aliphatic rings. The van der Waals surface area contributed by atoms with Crippen LogP contribution in [-0.2, 0) is 16.0 Å². The summed E-state index contributed by atoms with van der Waals surface area (Å²) in [6.45, 7) is 5.17. The standard InChI is InChI=1S/C24H27N3O3S/c1-3-17-14-18-15-19(29-2)8-9-20(18)26-24(17)31-16-23(28)25-21-6-4-5-7-22(21)27-10-12-30-13-11-27/h4-9,14-15H,3,10-13,16H2,1-2H3,(H,25,28).